The van der Waals surface area contributed by atoms with Gasteiger partial charge >= 0.3 is 0 Å². The van der Waals surface area contributed by atoms with Gasteiger partial charge in [0.1, 0.15) is 0 Å². The summed E-state index contributed by atoms with van der Waals surface area (Å²) in [6.45, 7) is 4.41. The van der Waals surface area contributed by atoms with Gasteiger partial charge in [0.05, 0.1) is 6.33 Å². The highest BCUT2D eigenvalue weighted by Gasteiger charge is 2.02. The molecule has 0 aliphatic carbocycles. The lowest BCUT2D eigenvalue weighted by Crippen LogP contribution is -2.03. The van der Waals surface area contributed by atoms with Crippen LogP contribution in [0.2, 0.25) is 0 Å². The predicted octanol–water partition coefficient (Wildman–Crippen LogP) is 2.24. The van der Waals surface area contributed by atoms with Gasteiger partial charge in [-0.2, -0.15) is 0 Å². The average molecular weight is 138 g/mol. The first-order valence-corrected chi connectivity index (χ1v) is 3.86. The topological polar surface area (TPSA) is 17.8 Å². The maximum Gasteiger partial charge on any atom is 0.0948 e. The minimum atomic E-state index is 0.641. The molecule has 0 N–H and O–H groups in total. The lowest BCUT2D eigenvalue weighted by Gasteiger charge is -2.12. The van der Waals surface area contributed by atoms with E-state index in [2.05, 4.69) is 23.4 Å². The third kappa shape index (κ3) is 1.38. The van der Waals surface area contributed by atoms with Crippen LogP contribution in [-0.2, 0) is 0 Å². The third-order valence-electron chi connectivity index (χ3n) is 1.89. The Morgan fingerprint density at radius 1 is 1.40 bits per heavy atom. The van der Waals surface area contributed by atoms with Crippen molar-refractivity contribution in [3.05, 3.63) is 18.7 Å². The molecule has 0 fully saturated rings. The maximum absolute atomic E-state index is 4.00. The Hall–Kier alpha value is -0.790. The zero-order valence-electron chi connectivity index (χ0n) is 6.62. The van der Waals surface area contributed by atoms with Crippen LogP contribution in [-0.4, -0.2) is 9.55 Å². The number of hydrogen-bond donors (Lipinski definition) is 0. The molecule has 0 saturated carbocycles. The molecule has 0 unspecified atom stereocenters. The molecule has 0 bridgehead atoms. The van der Waals surface area contributed by atoms with Gasteiger partial charge in [-0.05, 0) is 12.8 Å². The van der Waals surface area contributed by atoms with Crippen LogP contribution in [0.5, 0.6) is 0 Å². The number of imidazole rings is 1. The fourth-order valence-corrected chi connectivity index (χ4v) is 1.20. The summed E-state index contributed by atoms with van der Waals surface area (Å²) in [6.07, 6.45) is 8.12. The monoisotopic (exact) mass is 138 g/mol. The standard InChI is InChI=1S/C8H14N2/c1-3-8(4-2)10-6-5-9-7-10/h5-8H,3-4H2,1-2H3. The molecule has 0 atom stereocenters. The molecule has 1 rings (SSSR count). The normalized spacial score (nSPS) is 10.7. The van der Waals surface area contributed by atoms with Crippen molar-refractivity contribution in [3.8, 4) is 0 Å². The largest absolute Gasteiger partial charge is 0.334 e. The van der Waals surface area contributed by atoms with Gasteiger partial charge in [0, 0.05) is 18.4 Å². The van der Waals surface area contributed by atoms with Crippen LogP contribution < -0.4 is 0 Å². The second-order valence-corrected chi connectivity index (χ2v) is 2.48. The fourth-order valence-electron chi connectivity index (χ4n) is 1.20. The molecular formula is C8H14N2. The van der Waals surface area contributed by atoms with E-state index in [9.17, 15) is 0 Å². The van der Waals surface area contributed by atoms with Crippen molar-refractivity contribution in [2.45, 2.75) is 32.7 Å². The van der Waals surface area contributed by atoms with E-state index in [0.29, 0.717) is 6.04 Å². The number of rotatable bonds is 3. The van der Waals surface area contributed by atoms with E-state index in [1.54, 1.807) is 0 Å². The number of nitrogens with zero attached hydrogens (tertiary/aromatic N) is 2. The van der Waals surface area contributed by atoms with Crippen molar-refractivity contribution in [2.75, 3.05) is 0 Å². The molecule has 0 spiro atoms. The van der Waals surface area contributed by atoms with Crippen molar-refractivity contribution < 1.29 is 0 Å². The zero-order chi connectivity index (χ0) is 7.40. The lowest BCUT2D eigenvalue weighted by atomic mass is 10.2. The first-order chi connectivity index (χ1) is 4.88. The SMILES string of the molecule is CCC(CC)n1ccnc1. The first kappa shape index (κ1) is 7.32. The first-order valence-electron chi connectivity index (χ1n) is 3.86. The molecule has 56 valence electrons. The van der Waals surface area contributed by atoms with Crippen molar-refractivity contribution in [2.24, 2.45) is 0 Å². The lowest BCUT2D eigenvalue weighted by molar-refractivity contribution is 0.471. The molecule has 2 nitrogen and oxygen atoms in total. The van der Waals surface area contributed by atoms with Gasteiger partial charge in [0.25, 0.3) is 0 Å². The summed E-state index contributed by atoms with van der Waals surface area (Å²) in [7, 11) is 0. The smallest absolute Gasteiger partial charge is 0.0948 e. The van der Waals surface area contributed by atoms with Gasteiger partial charge < -0.3 is 4.57 Å². The van der Waals surface area contributed by atoms with E-state index in [0.717, 1.165) is 0 Å². The van der Waals surface area contributed by atoms with Crippen LogP contribution in [0, 0.1) is 0 Å². The minimum absolute atomic E-state index is 0.641. The van der Waals surface area contributed by atoms with Crippen molar-refractivity contribution in [1.82, 2.24) is 9.55 Å². The van der Waals surface area contributed by atoms with Crippen LogP contribution in [0.3, 0.4) is 0 Å². The fraction of sp³-hybridized carbons (Fsp3) is 0.625. The molecule has 1 heterocycles. The molecule has 0 aromatic carbocycles. The van der Waals surface area contributed by atoms with Gasteiger partial charge in [-0.3, -0.25) is 0 Å². The second kappa shape index (κ2) is 3.40. The van der Waals surface area contributed by atoms with Crippen molar-refractivity contribution in [3.63, 3.8) is 0 Å². The Morgan fingerprint density at radius 3 is 2.50 bits per heavy atom. The average Bonchev–Trinajstić information content (AvgIpc) is 2.43. The Labute approximate surface area is 61.9 Å². The molecule has 0 amide bonds. The summed E-state index contributed by atoms with van der Waals surface area (Å²) in [5.41, 5.74) is 0. The minimum Gasteiger partial charge on any atom is -0.334 e. The summed E-state index contributed by atoms with van der Waals surface area (Å²) in [6, 6.07) is 0.641. The number of aromatic nitrogens is 2. The van der Waals surface area contributed by atoms with E-state index >= 15 is 0 Å². The van der Waals surface area contributed by atoms with E-state index < -0.39 is 0 Å². The Morgan fingerprint density at radius 2 is 2.10 bits per heavy atom. The van der Waals surface area contributed by atoms with Gasteiger partial charge in [0.2, 0.25) is 0 Å². The summed E-state index contributed by atoms with van der Waals surface area (Å²) in [4.78, 5) is 4.00. The summed E-state index contributed by atoms with van der Waals surface area (Å²) >= 11 is 0. The van der Waals surface area contributed by atoms with Crippen molar-refractivity contribution in [1.29, 1.82) is 0 Å². The van der Waals surface area contributed by atoms with Gasteiger partial charge in [0.15, 0.2) is 0 Å². The van der Waals surface area contributed by atoms with Crippen LogP contribution in [0.1, 0.15) is 32.7 Å². The summed E-state index contributed by atoms with van der Waals surface area (Å²) in [5.74, 6) is 0. The Bertz CT molecular complexity index is 163. The molecule has 2 heteroatoms. The Kier molecular flexibility index (Phi) is 2.49. The highest BCUT2D eigenvalue weighted by Crippen LogP contribution is 2.13. The van der Waals surface area contributed by atoms with E-state index in [4.69, 9.17) is 0 Å². The molecule has 0 aliphatic rings. The molecular weight excluding hydrogens is 124 g/mol. The maximum atomic E-state index is 4.00. The van der Waals surface area contributed by atoms with Crippen LogP contribution >= 0.6 is 0 Å². The molecule has 0 aliphatic heterocycles. The quantitative estimate of drug-likeness (QED) is 0.626. The van der Waals surface area contributed by atoms with Crippen LogP contribution in [0.4, 0.5) is 0 Å². The molecule has 1 aromatic rings. The third-order valence-corrected chi connectivity index (χ3v) is 1.89. The summed E-state index contributed by atoms with van der Waals surface area (Å²) < 4.78 is 2.17. The Balaban J connectivity index is 2.64. The zero-order valence-corrected chi connectivity index (χ0v) is 6.62. The van der Waals surface area contributed by atoms with Crippen LogP contribution in [0.25, 0.3) is 0 Å². The highest BCUT2D eigenvalue weighted by molar-refractivity contribution is 4.79. The van der Waals surface area contributed by atoms with E-state index in [1.165, 1.54) is 12.8 Å². The van der Waals surface area contributed by atoms with Crippen molar-refractivity contribution >= 4 is 0 Å². The molecule has 10 heavy (non-hydrogen) atoms. The molecule has 0 saturated heterocycles. The number of hydrogen-bond acceptors (Lipinski definition) is 1. The predicted molar refractivity (Wildman–Crippen MR) is 41.8 cm³/mol. The summed E-state index contributed by atoms with van der Waals surface area (Å²) in [5, 5.41) is 0. The van der Waals surface area contributed by atoms with Crippen LogP contribution in [0.15, 0.2) is 18.7 Å². The van der Waals surface area contributed by atoms with Gasteiger partial charge in [-0.25, -0.2) is 4.98 Å². The van der Waals surface area contributed by atoms with Gasteiger partial charge in [-0.15, -0.1) is 0 Å². The van der Waals surface area contributed by atoms with E-state index in [1.807, 2.05) is 18.7 Å². The molecule has 1 aromatic heterocycles. The molecule has 0 radical (unpaired) electrons. The van der Waals surface area contributed by atoms with Gasteiger partial charge in [-0.1, -0.05) is 13.8 Å². The highest BCUT2D eigenvalue weighted by atomic mass is 15.0. The van der Waals surface area contributed by atoms with E-state index in [-0.39, 0.29) is 0 Å². The second-order valence-electron chi connectivity index (χ2n) is 2.48.